The van der Waals surface area contributed by atoms with Gasteiger partial charge in [0.2, 0.25) is 0 Å². The van der Waals surface area contributed by atoms with E-state index in [1.807, 2.05) is 6.92 Å². The molecule has 0 bridgehead atoms. The van der Waals surface area contributed by atoms with Crippen LogP contribution in [0.4, 0.5) is 0 Å². The molecule has 0 aliphatic heterocycles. The molecule has 0 aliphatic carbocycles. The number of aromatic nitrogens is 2. The smallest absolute Gasteiger partial charge is 0.272 e. The molecule has 22 heavy (non-hydrogen) atoms. The molecule has 1 heterocycles. The number of aryl methyl sites for hydroxylation is 2. The highest BCUT2D eigenvalue weighted by Crippen LogP contribution is 2.16. The predicted molar refractivity (Wildman–Crippen MR) is 83.1 cm³/mol. The lowest BCUT2D eigenvalue weighted by molar-refractivity contribution is 0.0908. The van der Waals surface area contributed by atoms with Gasteiger partial charge in [-0.3, -0.25) is 4.79 Å². The van der Waals surface area contributed by atoms with Crippen molar-refractivity contribution in [2.45, 2.75) is 31.0 Å². The summed E-state index contributed by atoms with van der Waals surface area (Å²) in [5.41, 5.74) is 0.768. The number of alkyl halides is 1. The van der Waals surface area contributed by atoms with E-state index in [2.05, 4.69) is 0 Å². The van der Waals surface area contributed by atoms with E-state index in [9.17, 15) is 18.0 Å². The molecule has 0 amide bonds. The van der Waals surface area contributed by atoms with Gasteiger partial charge in [-0.2, -0.15) is 3.97 Å². The highest BCUT2D eigenvalue weighted by atomic mass is 35.5. The van der Waals surface area contributed by atoms with Crippen LogP contribution in [0.2, 0.25) is 0 Å². The minimum absolute atomic E-state index is 0.0122. The molecule has 1 aromatic heterocycles. The van der Waals surface area contributed by atoms with E-state index in [1.165, 1.54) is 19.1 Å². The van der Waals surface area contributed by atoms with Crippen molar-refractivity contribution >= 4 is 27.5 Å². The number of benzene rings is 1. The summed E-state index contributed by atoms with van der Waals surface area (Å²) >= 11 is 5.65. The fraction of sp³-hybridized carbons (Fsp3) is 0.286. The average molecular weight is 343 g/mol. The zero-order valence-corrected chi connectivity index (χ0v) is 13.9. The molecule has 0 saturated heterocycles. The Morgan fingerprint density at radius 2 is 1.82 bits per heavy atom. The molecule has 0 spiro atoms. The van der Waals surface area contributed by atoms with Crippen molar-refractivity contribution in [3.63, 3.8) is 0 Å². The average Bonchev–Trinajstić information content (AvgIpc) is 2.83. The molecule has 0 fully saturated rings. The van der Waals surface area contributed by atoms with Gasteiger partial charge in [-0.15, -0.1) is 11.6 Å². The largest absolute Gasteiger partial charge is 0.349 e. The van der Waals surface area contributed by atoms with E-state index in [4.69, 9.17) is 11.6 Å². The molecule has 2 aromatic rings. The third-order valence-electron chi connectivity index (χ3n) is 3.36. The summed E-state index contributed by atoms with van der Waals surface area (Å²) in [6, 6.07) is 4.57. The molecule has 0 saturated carbocycles. The van der Waals surface area contributed by atoms with E-state index in [0.717, 1.165) is 23.5 Å². The van der Waals surface area contributed by atoms with Crippen LogP contribution in [0.3, 0.4) is 0 Å². The molecule has 0 N–H and O–H groups in total. The van der Waals surface area contributed by atoms with Gasteiger partial charge in [-0.25, -0.2) is 17.8 Å². The van der Waals surface area contributed by atoms with Gasteiger partial charge < -0.3 is 0 Å². The number of carbonyl (C=O) groups is 1. The number of carbonyl (C=O) groups excluding carboxylic acids is 1. The van der Waals surface area contributed by atoms with Gasteiger partial charge in [-0.1, -0.05) is 6.07 Å². The second-order valence-electron chi connectivity index (χ2n) is 4.95. The first-order valence-electron chi connectivity index (χ1n) is 6.47. The van der Waals surface area contributed by atoms with E-state index in [-0.39, 0.29) is 4.90 Å². The van der Waals surface area contributed by atoms with Gasteiger partial charge in [0, 0.05) is 12.4 Å². The third kappa shape index (κ3) is 2.74. The Labute approximate surface area is 133 Å². The second-order valence-corrected chi connectivity index (χ2v) is 7.42. The molecule has 1 atom stereocenters. The molecule has 0 aliphatic rings. The van der Waals surface area contributed by atoms with Gasteiger partial charge in [0.1, 0.15) is 5.38 Å². The van der Waals surface area contributed by atoms with Gasteiger partial charge in [0.15, 0.2) is 0 Å². The first kappa shape index (κ1) is 16.5. The van der Waals surface area contributed by atoms with Crippen LogP contribution in [0.25, 0.3) is 0 Å². The zero-order valence-electron chi connectivity index (χ0n) is 12.3. The fourth-order valence-electron chi connectivity index (χ4n) is 1.89. The highest BCUT2D eigenvalue weighted by molar-refractivity contribution is 7.90. The summed E-state index contributed by atoms with van der Waals surface area (Å²) in [7, 11) is -4.06. The minimum atomic E-state index is -4.06. The summed E-state index contributed by atoms with van der Waals surface area (Å²) in [5, 5.41) is -0.933. The van der Waals surface area contributed by atoms with Gasteiger partial charge in [0.05, 0.1) is 4.90 Å². The Kier molecular flexibility index (Phi) is 4.30. The third-order valence-corrected chi connectivity index (χ3v) is 5.19. The molecule has 6 nitrogen and oxygen atoms in total. The molecule has 0 radical (unpaired) electrons. The Morgan fingerprint density at radius 1 is 1.18 bits per heavy atom. The summed E-state index contributed by atoms with van der Waals surface area (Å²) in [5.74, 6) is -0.680. The Morgan fingerprint density at radius 3 is 2.36 bits per heavy atom. The number of rotatable bonds is 3. The molecule has 8 heteroatoms. The molecule has 2 rings (SSSR count). The van der Waals surface area contributed by atoms with Gasteiger partial charge in [0.25, 0.3) is 15.9 Å². The Bertz CT molecular complexity index is 894. The fourth-order valence-corrected chi connectivity index (χ4v) is 3.30. The van der Waals surface area contributed by atoms with Crippen molar-refractivity contribution in [1.82, 2.24) is 8.54 Å². The van der Waals surface area contributed by atoms with E-state index in [0.29, 0.717) is 8.54 Å². The van der Waals surface area contributed by atoms with E-state index in [1.54, 1.807) is 13.0 Å². The van der Waals surface area contributed by atoms with Crippen molar-refractivity contribution in [2.24, 2.45) is 0 Å². The summed E-state index contributed by atoms with van der Waals surface area (Å²) in [6.07, 6.45) is 2.15. The number of halogens is 1. The summed E-state index contributed by atoms with van der Waals surface area (Å²) in [6.45, 7) is 5.04. The quantitative estimate of drug-likeness (QED) is 0.796. The lowest BCUT2D eigenvalue weighted by Gasteiger charge is -2.07. The maximum Gasteiger partial charge on any atom is 0.349 e. The molecule has 1 aromatic carbocycles. The predicted octanol–water partition coefficient (Wildman–Crippen LogP) is 1.77. The monoisotopic (exact) mass is 342 g/mol. The standard InChI is InChI=1S/C14H15ClN2O4S/c1-9-4-5-12(8-10(9)2)22(20,21)17-7-6-16(14(17)19)13(18)11(3)15/h4-8,11H,1-3H3/t11-/m1/s1. The van der Waals surface area contributed by atoms with Crippen molar-refractivity contribution in [2.75, 3.05) is 0 Å². The van der Waals surface area contributed by atoms with Crippen LogP contribution in [-0.2, 0) is 10.0 Å². The Hall–Kier alpha value is -1.86. The van der Waals surface area contributed by atoms with Crippen LogP contribution < -0.4 is 5.69 Å². The van der Waals surface area contributed by atoms with Crippen molar-refractivity contribution in [1.29, 1.82) is 0 Å². The molecular formula is C14H15ClN2O4S. The number of hydrogen-bond donors (Lipinski definition) is 0. The minimum Gasteiger partial charge on any atom is -0.272 e. The molecule has 0 unspecified atom stereocenters. The second kappa shape index (κ2) is 5.73. The van der Waals surface area contributed by atoms with Crippen LogP contribution in [0.15, 0.2) is 40.3 Å². The lowest BCUT2D eigenvalue weighted by Crippen LogP contribution is -2.34. The van der Waals surface area contributed by atoms with Gasteiger partial charge in [-0.05, 0) is 44.0 Å². The van der Waals surface area contributed by atoms with Crippen molar-refractivity contribution in [3.05, 3.63) is 52.2 Å². The Balaban J connectivity index is 2.58. The zero-order chi connectivity index (χ0) is 16.7. The maximum absolute atomic E-state index is 12.5. The van der Waals surface area contributed by atoms with Crippen molar-refractivity contribution < 1.29 is 13.2 Å². The first-order valence-corrected chi connectivity index (χ1v) is 8.35. The molecule has 118 valence electrons. The van der Waals surface area contributed by atoms with Gasteiger partial charge >= 0.3 is 5.69 Å². The number of nitrogens with zero attached hydrogens (tertiary/aromatic N) is 2. The highest BCUT2D eigenvalue weighted by Gasteiger charge is 2.24. The van der Waals surface area contributed by atoms with Crippen LogP contribution in [-0.4, -0.2) is 28.2 Å². The SMILES string of the molecule is Cc1ccc(S(=O)(=O)n2ccn(C(=O)[C@@H](C)Cl)c2=O)cc1C. The molecular weight excluding hydrogens is 328 g/mol. The topological polar surface area (TPSA) is 78.1 Å². The van der Waals surface area contributed by atoms with E-state index < -0.39 is 27.0 Å². The van der Waals surface area contributed by atoms with Crippen LogP contribution in [0, 0.1) is 13.8 Å². The van der Waals surface area contributed by atoms with Crippen LogP contribution in [0.1, 0.15) is 22.8 Å². The summed E-state index contributed by atoms with van der Waals surface area (Å²) < 4.78 is 26.3. The van der Waals surface area contributed by atoms with Crippen LogP contribution in [0.5, 0.6) is 0 Å². The van der Waals surface area contributed by atoms with Crippen molar-refractivity contribution in [3.8, 4) is 0 Å². The first-order chi connectivity index (χ1) is 10.2. The van der Waals surface area contributed by atoms with Crippen LogP contribution >= 0.6 is 11.6 Å². The lowest BCUT2D eigenvalue weighted by atomic mass is 10.1. The summed E-state index contributed by atoms with van der Waals surface area (Å²) in [4.78, 5) is 23.9. The maximum atomic E-state index is 12.5. The normalized spacial score (nSPS) is 13.1. The van der Waals surface area contributed by atoms with E-state index >= 15 is 0 Å². The number of imidazole rings is 1. The number of hydrogen-bond acceptors (Lipinski definition) is 4.